The highest BCUT2D eigenvalue weighted by Crippen LogP contribution is 2.21. The summed E-state index contributed by atoms with van der Waals surface area (Å²) in [6.45, 7) is 2.61. The van der Waals surface area contributed by atoms with Gasteiger partial charge in [-0.1, -0.05) is 0 Å². The van der Waals surface area contributed by atoms with Gasteiger partial charge in [-0.05, 0) is 61.5 Å². The van der Waals surface area contributed by atoms with Gasteiger partial charge in [0.05, 0.1) is 13.7 Å². The second-order valence-electron chi connectivity index (χ2n) is 5.20. The summed E-state index contributed by atoms with van der Waals surface area (Å²) in [6, 6.07) is 17.1. The molecule has 0 saturated heterocycles. The Morgan fingerprint density at radius 1 is 0.840 bits per heavy atom. The van der Waals surface area contributed by atoms with Gasteiger partial charge in [-0.25, -0.2) is 4.98 Å². The standard InChI is InChI=1S/C19H20N4O2/c1-3-25-17-10-6-15(7-11-17)22-19-20-13-12-18(23-19)21-14-4-8-16(24-2)9-5-14/h4-13H,3H2,1-2H3,(H2,20,21,22,23). The van der Waals surface area contributed by atoms with Crippen LogP contribution >= 0.6 is 0 Å². The summed E-state index contributed by atoms with van der Waals surface area (Å²) in [7, 11) is 1.64. The van der Waals surface area contributed by atoms with Crippen molar-refractivity contribution in [1.82, 2.24) is 9.97 Å². The second-order valence-corrected chi connectivity index (χ2v) is 5.20. The number of rotatable bonds is 7. The van der Waals surface area contributed by atoms with Gasteiger partial charge in [0.15, 0.2) is 0 Å². The number of hydrogen-bond acceptors (Lipinski definition) is 6. The molecule has 0 radical (unpaired) electrons. The second kappa shape index (κ2) is 8.01. The van der Waals surface area contributed by atoms with Crippen LogP contribution in [0.15, 0.2) is 60.8 Å². The maximum absolute atomic E-state index is 5.44. The van der Waals surface area contributed by atoms with E-state index in [0.717, 1.165) is 22.9 Å². The molecule has 2 N–H and O–H groups in total. The van der Waals surface area contributed by atoms with Gasteiger partial charge in [0.1, 0.15) is 17.3 Å². The van der Waals surface area contributed by atoms with E-state index in [4.69, 9.17) is 9.47 Å². The minimum absolute atomic E-state index is 0.516. The zero-order chi connectivity index (χ0) is 17.5. The Morgan fingerprint density at radius 2 is 1.48 bits per heavy atom. The van der Waals surface area contributed by atoms with E-state index in [0.29, 0.717) is 18.4 Å². The molecule has 0 amide bonds. The third-order valence-electron chi connectivity index (χ3n) is 3.44. The molecule has 2 aromatic carbocycles. The van der Waals surface area contributed by atoms with Gasteiger partial charge in [-0.3, -0.25) is 0 Å². The van der Waals surface area contributed by atoms with Gasteiger partial charge in [-0.15, -0.1) is 0 Å². The molecule has 0 aliphatic rings. The van der Waals surface area contributed by atoms with E-state index in [9.17, 15) is 0 Å². The van der Waals surface area contributed by atoms with Crippen LogP contribution in [-0.4, -0.2) is 23.7 Å². The Balaban J connectivity index is 1.68. The first-order chi connectivity index (χ1) is 12.3. The first-order valence-corrected chi connectivity index (χ1v) is 8.01. The normalized spacial score (nSPS) is 10.2. The van der Waals surface area contributed by atoms with Gasteiger partial charge in [0.25, 0.3) is 0 Å². The van der Waals surface area contributed by atoms with Crippen molar-refractivity contribution in [3.8, 4) is 11.5 Å². The molecule has 0 bridgehead atoms. The van der Waals surface area contributed by atoms with E-state index in [1.807, 2.05) is 61.5 Å². The molecule has 1 heterocycles. The average Bonchev–Trinajstić information content (AvgIpc) is 2.65. The Hall–Kier alpha value is -3.28. The quantitative estimate of drug-likeness (QED) is 0.668. The molecule has 0 unspecified atom stereocenters. The van der Waals surface area contributed by atoms with Crippen molar-refractivity contribution in [1.29, 1.82) is 0 Å². The number of hydrogen-bond donors (Lipinski definition) is 2. The lowest BCUT2D eigenvalue weighted by Gasteiger charge is -2.09. The molecule has 25 heavy (non-hydrogen) atoms. The Bertz CT molecular complexity index is 804. The number of aromatic nitrogens is 2. The lowest BCUT2D eigenvalue weighted by molar-refractivity contribution is 0.340. The van der Waals surface area contributed by atoms with Crippen LogP contribution in [0.4, 0.5) is 23.1 Å². The van der Waals surface area contributed by atoms with Gasteiger partial charge in [0.2, 0.25) is 5.95 Å². The molecular weight excluding hydrogens is 316 g/mol. The van der Waals surface area contributed by atoms with Gasteiger partial charge < -0.3 is 20.1 Å². The molecule has 0 spiro atoms. The first-order valence-electron chi connectivity index (χ1n) is 8.01. The molecule has 3 aromatic rings. The summed E-state index contributed by atoms with van der Waals surface area (Å²) in [5, 5.41) is 6.42. The molecule has 6 heteroatoms. The highest BCUT2D eigenvalue weighted by Gasteiger charge is 2.02. The minimum Gasteiger partial charge on any atom is -0.497 e. The van der Waals surface area contributed by atoms with E-state index in [1.54, 1.807) is 13.3 Å². The van der Waals surface area contributed by atoms with Crippen LogP contribution in [0.25, 0.3) is 0 Å². The molecular formula is C19H20N4O2. The molecule has 6 nitrogen and oxygen atoms in total. The van der Waals surface area contributed by atoms with E-state index < -0.39 is 0 Å². The lowest BCUT2D eigenvalue weighted by Crippen LogP contribution is -2.00. The van der Waals surface area contributed by atoms with E-state index >= 15 is 0 Å². The summed E-state index contributed by atoms with van der Waals surface area (Å²) < 4.78 is 10.6. The number of nitrogens with one attached hydrogen (secondary N) is 2. The third-order valence-corrected chi connectivity index (χ3v) is 3.44. The van der Waals surface area contributed by atoms with Crippen molar-refractivity contribution in [2.75, 3.05) is 24.4 Å². The Kier molecular flexibility index (Phi) is 5.31. The predicted molar refractivity (Wildman–Crippen MR) is 99.2 cm³/mol. The monoisotopic (exact) mass is 336 g/mol. The fourth-order valence-electron chi connectivity index (χ4n) is 2.24. The van der Waals surface area contributed by atoms with Crippen LogP contribution in [-0.2, 0) is 0 Å². The number of benzene rings is 2. The van der Waals surface area contributed by atoms with Crippen LogP contribution in [0.1, 0.15) is 6.92 Å². The summed E-state index contributed by atoms with van der Waals surface area (Å²) in [5.41, 5.74) is 1.82. The topological polar surface area (TPSA) is 68.3 Å². The number of ether oxygens (including phenoxy) is 2. The highest BCUT2D eigenvalue weighted by atomic mass is 16.5. The summed E-state index contributed by atoms with van der Waals surface area (Å²) in [5.74, 6) is 2.87. The summed E-state index contributed by atoms with van der Waals surface area (Å²) in [6.07, 6.45) is 1.70. The fourth-order valence-corrected chi connectivity index (χ4v) is 2.24. The van der Waals surface area contributed by atoms with Crippen LogP contribution in [0, 0.1) is 0 Å². The lowest BCUT2D eigenvalue weighted by atomic mass is 10.3. The molecule has 128 valence electrons. The van der Waals surface area contributed by atoms with E-state index in [1.165, 1.54) is 0 Å². The van der Waals surface area contributed by atoms with Crippen molar-refractivity contribution in [2.24, 2.45) is 0 Å². The number of nitrogens with zero attached hydrogens (tertiary/aromatic N) is 2. The van der Waals surface area contributed by atoms with Crippen LogP contribution < -0.4 is 20.1 Å². The number of methoxy groups -OCH3 is 1. The molecule has 0 atom stereocenters. The minimum atomic E-state index is 0.516. The van der Waals surface area contributed by atoms with Crippen molar-refractivity contribution in [3.63, 3.8) is 0 Å². The van der Waals surface area contributed by atoms with Crippen molar-refractivity contribution in [2.45, 2.75) is 6.92 Å². The maximum atomic E-state index is 5.44. The van der Waals surface area contributed by atoms with Crippen molar-refractivity contribution in [3.05, 3.63) is 60.8 Å². The summed E-state index contributed by atoms with van der Waals surface area (Å²) in [4.78, 5) is 8.72. The maximum Gasteiger partial charge on any atom is 0.229 e. The zero-order valence-electron chi connectivity index (χ0n) is 14.2. The van der Waals surface area contributed by atoms with Crippen molar-refractivity contribution < 1.29 is 9.47 Å². The summed E-state index contributed by atoms with van der Waals surface area (Å²) >= 11 is 0. The third kappa shape index (κ3) is 4.60. The van der Waals surface area contributed by atoms with Gasteiger partial charge in [0, 0.05) is 17.6 Å². The van der Waals surface area contributed by atoms with Crippen molar-refractivity contribution >= 4 is 23.1 Å². The number of anilines is 4. The van der Waals surface area contributed by atoms with E-state index in [-0.39, 0.29) is 0 Å². The fraction of sp³-hybridized carbons (Fsp3) is 0.158. The van der Waals surface area contributed by atoms with Crippen LogP contribution in [0.2, 0.25) is 0 Å². The molecule has 0 fully saturated rings. The molecule has 1 aromatic heterocycles. The van der Waals surface area contributed by atoms with Gasteiger partial charge in [-0.2, -0.15) is 4.98 Å². The molecule has 3 rings (SSSR count). The van der Waals surface area contributed by atoms with Crippen LogP contribution in [0.5, 0.6) is 11.5 Å². The van der Waals surface area contributed by atoms with E-state index in [2.05, 4.69) is 20.6 Å². The SMILES string of the molecule is CCOc1ccc(Nc2nccc(Nc3ccc(OC)cc3)n2)cc1. The molecule has 0 aliphatic heterocycles. The van der Waals surface area contributed by atoms with Gasteiger partial charge >= 0.3 is 0 Å². The van der Waals surface area contributed by atoms with Crippen LogP contribution in [0.3, 0.4) is 0 Å². The highest BCUT2D eigenvalue weighted by molar-refractivity contribution is 5.60. The zero-order valence-corrected chi connectivity index (χ0v) is 14.2. The first kappa shape index (κ1) is 16.6. The Morgan fingerprint density at radius 3 is 2.12 bits per heavy atom. The molecule has 0 saturated carbocycles. The Labute approximate surface area is 146 Å². The smallest absolute Gasteiger partial charge is 0.229 e. The molecule has 0 aliphatic carbocycles. The largest absolute Gasteiger partial charge is 0.497 e. The predicted octanol–water partition coefficient (Wildman–Crippen LogP) is 4.37. The average molecular weight is 336 g/mol.